The van der Waals surface area contributed by atoms with Crippen molar-refractivity contribution < 1.29 is 46.5 Å². The highest BCUT2D eigenvalue weighted by atomic mass is 32.2. The normalized spacial score (nSPS) is 12.2. The Kier molecular flexibility index (Phi) is 12.4. The van der Waals surface area contributed by atoms with Gasteiger partial charge in [0.2, 0.25) is 9.84 Å². The van der Waals surface area contributed by atoms with Crippen LogP contribution in [0.15, 0.2) is 155 Å². The molecule has 4 N–H and O–H groups in total. The number of nitrogens with two attached hydrogens (primary N) is 2. The van der Waals surface area contributed by atoms with Crippen LogP contribution in [0.25, 0.3) is 0 Å². The number of ether oxygens (including phenoxy) is 4. The third-order valence-electron chi connectivity index (χ3n) is 7.60. The first-order valence-corrected chi connectivity index (χ1v) is 18.2. The number of fused-ring (bicyclic) bond motifs is 2. The van der Waals surface area contributed by atoms with E-state index in [-0.39, 0.29) is 9.79 Å². The summed E-state index contributed by atoms with van der Waals surface area (Å²) in [4.78, 5) is 43.7. The number of anilines is 2. The summed E-state index contributed by atoms with van der Waals surface area (Å²) in [5.41, 5.74) is 14.0. The minimum absolute atomic E-state index is 0.171. The molecule has 0 fully saturated rings. The Morgan fingerprint density at radius 3 is 0.891 bits per heavy atom. The van der Waals surface area contributed by atoms with Gasteiger partial charge in [-0.15, -0.1) is 0 Å². The first kappa shape index (κ1) is 39.0. The van der Waals surface area contributed by atoms with E-state index < -0.39 is 33.7 Å². The molecule has 2 heterocycles. The molecule has 0 spiro atoms. The molecular formula is C42H34N2O10S. The van der Waals surface area contributed by atoms with Gasteiger partial charge < -0.3 is 30.4 Å². The van der Waals surface area contributed by atoms with Gasteiger partial charge >= 0.3 is 23.9 Å². The molecule has 2 aliphatic rings. The predicted molar refractivity (Wildman–Crippen MR) is 204 cm³/mol. The summed E-state index contributed by atoms with van der Waals surface area (Å²) in [6.07, 6.45) is 0. The summed E-state index contributed by atoms with van der Waals surface area (Å²) in [7, 11) is -3.67. The molecule has 6 aromatic rings. The van der Waals surface area contributed by atoms with E-state index in [0.717, 1.165) is 0 Å². The van der Waals surface area contributed by atoms with Crippen molar-refractivity contribution in [3.63, 3.8) is 0 Å². The lowest BCUT2D eigenvalue weighted by atomic mass is 10.1. The maximum absolute atomic E-state index is 12.9. The molecule has 55 heavy (non-hydrogen) atoms. The van der Waals surface area contributed by atoms with Crippen molar-refractivity contribution in [2.45, 2.75) is 23.6 Å². The number of sulfone groups is 1. The van der Waals surface area contributed by atoms with Crippen molar-refractivity contribution in [2.75, 3.05) is 11.5 Å². The third kappa shape index (κ3) is 9.60. The number of nitrogen functional groups attached to an aromatic ring is 2. The minimum atomic E-state index is -3.67. The second kappa shape index (κ2) is 17.5. The van der Waals surface area contributed by atoms with E-state index in [1.165, 1.54) is 24.3 Å². The Bertz CT molecular complexity index is 2200. The van der Waals surface area contributed by atoms with E-state index >= 15 is 0 Å². The summed E-state index contributed by atoms with van der Waals surface area (Å²) in [6.45, 7) is 4.00. The Labute approximate surface area is 316 Å². The average molecular weight is 759 g/mol. The molecule has 0 radical (unpaired) electrons. The van der Waals surface area contributed by atoms with Gasteiger partial charge in [-0.25, -0.2) is 27.6 Å². The lowest BCUT2D eigenvalue weighted by Gasteiger charge is -2.09. The topological polar surface area (TPSA) is 191 Å². The van der Waals surface area contributed by atoms with Crippen LogP contribution in [0.3, 0.4) is 0 Å². The van der Waals surface area contributed by atoms with Crippen molar-refractivity contribution in [3.8, 4) is 23.0 Å². The third-order valence-corrected chi connectivity index (χ3v) is 9.39. The second-order valence-corrected chi connectivity index (χ2v) is 13.2. The Morgan fingerprint density at radius 2 is 0.636 bits per heavy atom. The van der Waals surface area contributed by atoms with Crippen molar-refractivity contribution in [1.29, 1.82) is 0 Å². The molecule has 0 unspecified atom stereocenters. The molecule has 2 aliphatic heterocycles. The standard InChI is InChI=1S/C24H20N2O4S.2C8H4O3.C2H6/c25-17-1-5-19(6-2-17)29-21-9-13-23(14-10-21)31(27,28)24-15-11-22(12-16-24)30-20-7-3-18(26)4-8-20;2*9-7-5-3-1-2-4-6(5)8(10)11-7;1-2/h1-16H,25-26H2;2*1-4H;1-2H3. The molecule has 0 aliphatic carbocycles. The van der Waals surface area contributed by atoms with E-state index in [1.807, 2.05) is 13.8 Å². The number of benzene rings is 6. The molecule has 0 saturated heterocycles. The fourth-order valence-electron chi connectivity index (χ4n) is 4.92. The van der Waals surface area contributed by atoms with Crippen LogP contribution < -0.4 is 20.9 Å². The molecule has 0 saturated carbocycles. The lowest BCUT2D eigenvalue weighted by Crippen LogP contribution is -2.01. The molecule has 0 amide bonds. The molecule has 0 bridgehead atoms. The van der Waals surface area contributed by atoms with Crippen molar-refractivity contribution in [1.82, 2.24) is 0 Å². The summed E-state index contributed by atoms with van der Waals surface area (Å²) in [5, 5.41) is 0. The highest BCUT2D eigenvalue weighted by Crippen LogP contribution is 2.29. The Morgan fingerprint density at radius 1 is 0.400 bits per heavy atom. The Hall–Kier alpha value is -7.25. The first-order valence-electron chi connectivity index (χ1n) is 16.7. The summed E-state index contributed by atoms with van der Waals surface area (Å²) in [6, 6.07) is 39.5. The van der Waals surface area contributed by atoms with E-state index in [0.29, 0.717) is 56.6 Å². The van der Waals surface area contributed by atoms with E-state index in [4.69, 9.17) is 20.9 Å². The van der Waals surface area contributed by atoms with E-state index in [1.54, 1.807) is 121 Å². The van der Waals surface area contributed by atoms with E-state index in [9.17, 15) is 27.6 Å². The highest BCUT2D eigenvalue weighted by Gasteiger charge is 2.29. The van der Waals surface area contributed by atoms with Gasteiger partial charge in [0, 0.05) is 11.4 Å². The van der Waals surface area contributed by atoms with Crippen molar-refractivity contribution in [3.05, 3.63) is 168 Å². The number of carbonyl (C=O) groups excluding carboxylic acids is 4. The second-order valence-electron chi connectivity index (χ2n) is 11.2. The summed E-state index contributed by atoms with van der Waals surface area (Å²) >= 11 is 0. The maximum Gasteiger partial charge on any atom is 0.346 e. The zero-order chi connectivity index (χ0) is 39.5. The average Bonchev–Trinajstić information content (AvgIpc) is 3.67. The molecule has 8 rings (SSSR count). The van der Waals surface area contributed by atoms with Crippen LogP contribution in [0.5, 0.6) is 23.0 Å². The quantitative estimate of drug-likeness (QED) is 0.0940. The monoisotopic (exact) mass is 758 g/mol. The zero-order valence-corrected chi connectivity index (χ0v) is 30.3. The summed E-state index contributed by atoms with van der Waals surface area (Å²) < 4.78 is 46.0. The van der Waals surface area contributed by atoms with Gasteiger partial charge in [0.25, 0.3) is 0 Å². The van der Waals surface area contributed by atoms with Crippen LogP contribution in [0.2, 0.25) is 0 Å². The highest BCUT2D eigenvalue weighted by molar-refractivity contribution is 7.91. The van der Waals surface area contributed by atoms with Crippen LogP contribution in [-0.2, 0) is 19.3 Å². The van der Waals surface area contributed by atoms with Gasteiger partial charge in [0.1, 0.15) is 23.0 Å². The van der Waals surface area contributed by atoms with Crippen LogP contribution in [0.4, 0.5) is 11.4 Å². The van der Waals surface area contributed by atoms with Gasteiger partial charge in [-0.2, -0.15) is 0 Å². The van der Waals surface area contributed by atoms with Crippen molar-refractivity contribution >= 4 is 45.1 Å². The molecule has 0 atom stereocenters. The molecule has 0 aromatic heterocycles. The summed E-state index contributed by atoms with van der Waals surface area (Å²) in [5.74, 6) is 0.0716. The fraction of sp³-hybridized carbons (Fsp3) is 0.0476. The van der Waals surface area contributed by atoms with Crippen molar-refractivity contribution in [2.24, 2.45) is 0 Å². The van der Waals surface area contributed by atoms with Crippen LogP contribution in [-0.4, -0.2) is 32.3 Å². The SMILES string of the molecule is CC.Nc1ccc(Oc2ccc(S(=O)(=O)c3ccc(Oc4ccc(N)cc4)cc3)cc2)cc1.O=C1OC(=O)c2ccccc21.O=C1OC(=O)c2ccccc21. The first-order chi connectivity index (χ1) is 26.5. The number of rotatable bonds is 6. The van der Waals surface area contributed by atoms with Gasteiger partial charge in [-0.1, -0.05) is 38.1 Å². The molecule has 278 valence electrons. The van der Waals surface area contributed by atoms with Gasteiger partial charge in [0.15, 0.2) is 0 Å². The zero-order valence-electron chi connectivity index (χ0n) is 29.5. The fourth-order valence-corrected chi connectivity index (χ4v) is 6.18. The number of hydrogen-bond donors (Lipinski definition) is 2. The predicted octanol–water partition coefficient (Wildman–Crippen LogP) is 8.29. The largest absolute Gasteiger partial charge is 0.457 e. The lowest BCUT2D eigenvalue weighted by molar-refractivity contribution is 0.0425. The molecular weight excluding hydrogens is 725 g/mol. The van der Waals surface area contributed by atoms with Crippen LogP contribution in [0, 0.1) is 0 Å². The van der Waals surface area contributed by atoms with Gasteiger partial charge in [-0.05, 0) is 121 Å². The smallest absolute Gasteiger partial charge is 0.346 e. The number of hydrogen-bond acceptors (Lipinski definition) is 12. The molecule has 6 aromatic carbocycles. The minimum Gasteiger partial charge on any atom is -0.457 e. The Balaban J connectivity index is 0.000000195. The number of cyclic esters (lactones) is 4. The van der Waals surface area contributed by atoms with Crippen LogP contribution in [0.1, 0.15) is 55.3 Å². The molecule has 13 heteroatoms. The van der Waals surface area contributed by atoms with Crippen LogP contribution >= 0.6 is 0 Å². The van der Waals surface area contributed by atoms with Gasteiger partial charge in [0.05, 0.1) is 32.0 Å². The number of carbonyl (C=O) groups is 4. The van der Waals surface area contributed by atoms with Gasteiger partial charge in [-0.3, -0.25) is 0 Å². The number of esters is 4. The maximum atomic E-state index is 12.9. The molecule has 12 nitrogen and oxygen atoms in total. The van der Waals surface area contributed by atoms with E-state index in [2.05, 4.69) is 9.47 Å².